The van der Waals surface area contributed by atoms with E-state index in [1.54, 1.807) is 49.6 Å². The van der Waals surface area contributed by atoms with Crippen LogP contribution in [-0.2, 0) is 4.79 Å². The number of hydrazine groups is 1. The van der Waals surface area contributed by atoms with Crippen LogP contribution < -0.4 is 25.6 Å². The molecule has 0 heterocycles. The first-order chi connectivity index (χ1) is 14.0. The Hall–Kier alpha value is -3.39. The van der Waals surface area contributed by atoms with Gasteiger partial charge in [-0.1, -0.05) is 31.2 Å². The molecule has 0 saturated carbocycles. The monoisotopic (exact) mass is 413 g/mol. The van der Waals surface area contributed by atoms with Crippen molar-refractivity contribution in [3.05, 3.63) is 65.7 Å². The van der Waals surface area contributed by atoms with Gasteiger partial charge in [0.2, 0.25) is 5.91 Å². The van der Waals surface area contributed by atoms with Crippen LogP contribution in [0.15, 0.2) is 54.6 Å². The molecule has 2 aromatic carbocycles. The summed E-state index contributed by atoms with van der Waals surface area (Å²) >= 11 is 5.03. The van der Waals surface area contributed by atoms with E-state index < -0.39 is 11.8 Å². The number of carbonyl (C=O) groups excluding carboxylic acids is 2. The van der Waals surface area contributed by atoms with E-state index in [9.17, 15) is 9.59 Å². The van der Waals surface area contributed by atoms with Crippen molar-refractivity contribution >= 4 is 35.2 Å². The number of ether oxygens (including phenoxy) is 2. The van der Waals surface area contributed by atoms with Crippen LogP contribution in [0.1, 0.15) is 29.3 Å². The highest BCUT2D eigenvalue weighted by Crippen LogP contribution is 2.17. The van der Waals surface area contributed by atoms with Gasteiger partial charge in [-0.25, -0.2) is 0 Å². The smallest absolute Gasteiger partial charge is 0.273 e. The summed E-state index contributed by atoms with van der Waals surface area (Å²) in [4.78, 5) is 24.3. The van der Waals surface area contributed by atoms with Crippen molar-refractivity contribution in [3.63, 3.8) is 0 Å². The molecule has 3 N–H and O–H groups in total. The predicted octanol–water partition coefficient (Wildman–Crippen LogP) is 2.83. The molecule has 29 heavy (non-hydrogen) atoms. The summed E-state index contributed by atoms with van der Waals surface area (Å²) < 4.78 is 10.6. The lowest BCUT2D eigenvalue weighted by Gasteiger charge is -2.12. The molecular formula is C21H23N3O4S. The third-order valence-corrected chi connectivity index (χ3v) is 3.87. The zero-order valence-corrected chi connectivity index (χ0v) is 17.0. The number of benzene rings is 2. The molecule has 0 aromatic heterocycles. The summed E-state index contributed by atoms with van der Waals surface area (Å²) in [5.74, 6) is 0.349. The number of nitrogens with one attached hydrogen (secondary N) is 3. The second-order valence-electron chi connectivity index (χ2n) is 5.85. The van der Waals surface area contributed by atoms with Crippen LogP contribution in [0.5, 0.6) is 11.5 Å². The van der Waals surface area contributed by atoms with Gasteiger partial charge in [0, 0.05) is 6.08 Å². The minimum Gasteiger partial charge on any atom is -0.497 e. The van der Waals surface area contributed by atoms with Crippen molar-refractivity contribution in [1.82, 2.24) is 16.2 Å². The fourth-order valence-corrected chi connectivity index (χ4v) is 2.40. The van der Waals surface area contributed by atoms with Crippen LogP contribution in [0.25, 0.3) is 6.08 Å². The molecule has 2 aromatic rings. The highest BCUT2D eigenvalue weighted by Gasteiger charge is 2.12. The molecule has 0 aliphatic heterocycles. The largest absolute Gasteiger partial charge is 0.497 e. The Balaban J connectivity index is 1.83. The average molecular weight is 413 g/mol. The van der Waals surface area contributed by atoms with Gasteiger partial charge in [0.05, 0.1) is 19.3 Å². The lowest BCUT2D eigenvalue weighted by Crippen LogP contribution is -2.48. The SMILES string of the molecule is CCCOc1ccccc1C(=O)NNC(=S)NC(=O)C=Cc1ccc(OC)cc1. The summed E-state index contributed by atoms with van der Waals surface area (Å²) in [7, 11) is 1.59. The molecule has 2 amide bonds. The number of para-hydroxylation sites is 1. The normalized spacial score (nSPS) is 10.3. The first-order valence-electron chi connectivity index (χ1n) is 8.98. The van der Waals surface area contributed by atoms with Gasteiger partial charge in [-0.15, -0.1) is 0 Å². The van der Waals surface area contributed by atoms with Crippen LogP contribution >= 0.6 is 12.2 Å². The molecule has 152 valence electrons. The van der Waals surface area contributed by atoms with E-state index >= 15 is 0 Å². The molecule has 0 atom stereocenters. The second kappa shape index (κ2) is 11.5. The Labute approximate surface area is 175 Å². The number of carbonyl (C=O) groups is 2. The van der Waals surface area contributed by atoms with Gasteiger partial charge in [0.25, 0.3) is 5.91 Å². The molecular weight excluding hydrogens is 390 g/mol. The molecule has 2 rings (SSSR count). The number of methoxy groups -OCH3 is 1. The van der Waals surface area contributed by atoms with E-state index in [-0.39, 0.29) is 5.11 Å². The molecule has 0 fully saturated rings. The van der Waals surface area contributed by atoms with Crippen LogP contribution in [0.2, 0.25) is 0 Å². The van der Waals surface area contributed by atoms with Crippen molar-refractivity contribution in [1.29, 1.82) is 0 Å². The Kier molecular flexibility index (Phi) is 8.65. The number of amides is 2. The van der Waals surface area contributed by atoms with E-state index in [0.717, 1.165) is 17.7 Å². The van der Waals surface area contributed by atoms with E-state index in [4.69, 9.17) is 21.7 Å². The molecule has 0 aliphatic rings. The van der Waals surface area contributed by atoms with E-state index in [0.29, 0.717) is 17.9 Å². The molecule has 7 nitrogen and oxygen atoms in total. The van der Waals surface area contributed by atoms with E-state index in [1.807, 2.05) is 19.1 Å². The van der Waals surface area contributed by atoms with Gasteiger partial charge in [-0.3, -0.25) is 25.8 Å². The van der Waals surface area contributed by atoms with Gasteiger partial charge >= 0.3 is 0 Å². The van der Waals surface area contributed by atoms with Gasteiger partial charge < -0.3 is 9.47 Å². The minimum atomic E-state index is -0.431. The third kappa shape index (κ3) is 7.27. The Bertz CT molecular complexity index is 882. The molecule has 0 unspecified atom stereocenters. The first-order valence-corrected chi connectivity index (χ1v) is 9.39. The molecule has 0 spiro atoms. The van der Waals surface area contributed by atoms with Crippen molar-refractivity contribution in [2.24, 2.45) is 0 Å². The number of hydrogen-bond donors (Lipinski definition) is 3. The standard InChI is InChI=1S/C21H23N3O4S/c1-3-14-28-18-7-5-4-6-17(18)20(26)23-24-21(29)22-19(25)13-10-15-8-11-16(27-2)12-9-15/h4-13H,3,14H2,1-2H3,(H,23,26)(H2,22,24,25,29). The van der Waals surface area contributed by atoms with Crippen molar-refractivity contribution in [3.8, 4) is 11.5 Å². The van der Waals surface area contributed by atoms with Crippen LogP contribution in [0.3, 0.4) is 0 Å². The van der Waals surface area contributed by atoms with Gasteiger partial charge in [0.1, 0.15) is 11.5 Å². The maximum Gasteiger partial charge on any atom is 0.273 e. The van der Waals surface area contributed by atoms with E-state index in [2.05, 4.69) is 16.2 Å². The van der Waals surface area contributed by atoms with Gasteiger partial charge in [-0.05, 0) is 54.5 Å². The highest BCUT2D eigenvalue weighted by atomic mass is 32.1. The van der Waals surface area contributed by atoms with E-state index in [1.165, 1.54) is 6.08 Å². The zero-order chi connectivity index (χ0) is 21.1. The summed E-state index contributed by atoms with van der Waals surface area (Å²) in [5.41, 5.74) is 6.14. The number of thiocarbonyl (C=S) groups is 1. The third-order valence-electron chi connectivity index (χ3n) is 3.66. The Morgan fingerprint density at radius 3 is 2.48 bits per heavy atom. The first kappa shape index (κ1) is 21.9. The summed E-state index contributed by atoms with van der Waals surface area (Å²) in [5, 5.41) is 2.42. The average Bonchev–Trinajstić information content (AvgIpc) is 2.75. The van der Waals surface area contributed by atoms with Crippen LogP contribution in [0.4, 0.5) is 0 Å². The molecule has 0 saturated heterocycles. The predicted molar refractivity (Wildman–Crippen MR) is 116 cm³/mol. The van der Waals surface area contributed by atoms with Crippen molar-refractivity contribution < 1.29 is 19.1 Å². The number of rotatable bonds is 7. The van der Waals surface area contributed by atoms with Crippen molar-refractivity contribution in [2.45, 2.75) is 13.3 Å². The molecule has 0 aliphatic carbocycles. The maximum atomic E-state index is 12.3. The summed E-state index contributed by atoms with van der Waals surface area (Å²) in [6.07, 6.45) is 3.80. The topological polar surface area (TPSA) is 88.7 Å². The van der Waals surface area contributed by atoms with Crippen molar-refractivity contribution in [2.75, 3.05) is 13.7 Å². The van der Waals surface area contributed by atoms with Gasteiger partial charge in [-0.2, -0.15) is 0 Å². The Morgan fingerprint density at radius 2 is 1.79 bits per heavy atom. The minimum absolute atomic E-state index is 0.0327. The lowest BCUT2D eigenvalue weighted by atomic mass is 10.2. The highest BCUT2D eigenvalue weighted by molar-refractivity contribution is 7.80. The summed E-state index contributed by atoms with van der Waals surface area (Å²) in [6, 6.07) is 14.1. The fourth-order valence-electron chi connectivity index (χ4n) is 2.24. The van der Waals surface area contributed by atoms with Crippen LogP contribution in [0, 0.1) is 0 Å². The van der Waals surface area contributed by atoms with Crippen LogP contribution in [-0.4, -0.2) is 30.6 Å². The lowest BCUT2D eigenvalue weighted by molar-refractivity contribution is -0.115. The summed E-state index contributed by atoms with van der Waals surface area (Å²) in [6.45, 7) is 2.49. The quantitative estimate of drug-likeness (QED) is 0.368. The molecule has 0 radical (unpaired) electrons. The second-order valence-corrected chi connectivity index (χ2v) is 6.26. The van der Waals surface area contributed by atoms with Gasteiger partial charge in [0.15, 0.2) is 5.11 Å². The fraction of sp³-hybridized carbons (Fsp3) is 0.190. The molecule has 0 bridgehead atoms. The zero-order valence-electron chi connectivity index (χ0n) is 16.2. The maximum absolute atomic E-state index is 12.3. The number of hydrogen-bond acceptors (Lipinski definition) is 5. The molecule has 8 heteroatoms. The Morgan fingerprint density at radius 1 is 1.07 bits per heavy atom.